The highest BCUT2D eigenvalue weighted by atomic mass is 19.4. The van der Waals surface area contributed by atoms with Crippen LogP contribution in [0.5, 0.6) is 0 Å². The average molecular weight is 207 g/mol. The Balaban J connectivity index is 3.30. The van der Waals surface area contributed by atoms with Gasteiger partial charge in [0.1, 0.15) is 5.82 Å². The van der Waals surface area contributed by atoms with Crippen molar-refractivity contribution in [1.82, 2.24) is 0 Å². The second-order valence-corrected chi connectivity index (χ2v) is 3.02. The van der Waals surface area contributed by atoms with Crippen LogP contribution in [0, 0.1) is 5.82 Å². The fourth-order valence-corrected chi connectivity index (χ4v) is 1.17. The number of halogens is 4. The molecule has 0 bridgehead atoms. The predicted octanol–water partition coefficient (Wildman–Crippen LogP) is 2.86. The molecular weight excluding hydrogens is 198 g/mol. The lowest BCUT2D eigenvalue weighted by atomic mass is 10.0. The number of nitrogens with two attached hydrogens (primary N) is 1. The van der Waals surface area contributed by atoms with Gasteiger partial charge in [-0.1, -0.05) is 6.07 Å². The highest BCUT2D eigenvalue weighted by molar-refractivity contribution is 5.32. The Labute approximate surface area is 78.5 Å². The highest BCUT2D eigenvalue weighted by Crippen LogP contribution is 2.34. The summed E-state index contributed by atoms with van der Waals surface area (Å²) in [5.41, 5.74) is 4.23. The third-order valence-corrected chi connectivity index (χ3v) is 1.81. The van der Waals surface area contributed by atoms with Gasteiger partial charge in [0, 0.05) is 6.04 Å². The van der Waals surface area contributed by atoms with E-state index in [9.17, 15) is 17.6 Å². The molecule has 0 aliphatic rings. The minimum Gasteiger partial charge on any atom is -0.324 e. The molecule has 1 rings (SSSR count). The molecule has 0 heterocycles. The molecule has 0 spiro atoms. The lowest BCUT2D eigenvalue weighted by Crippen LogP contribution is -2.15. The average Bonchev–Trinajstić information content (AvgIpc) is 2.01. The monoisotopic (exact) mass is 207 g/mol. The van der Waals surface area contributed by atoms with E-state index >= 15 is 0 Å². The van der Waals surface area contributed by atoms with Crippen molar-refractivity contribution in [2.75, 3.05) is 0 Å². The quantitative estimate of drug-likeness (QED) is 0.704. The van der Waals surface area contributed by atoms with Crippen LogP contribution in [-0.4, -0.2) is 0 Å². The van der Waals surface area contributed by atoms with Gasteiger partial charge < -0.3 is 5.73 Å². The van der Waals surface area contributed by atoms with Gasteiger partial charge in [-0.25, -0.2) is 4.39 Å². The summed E-state index contributed by atoms with van der Waals surface area (Å²) >= 11 is 0. The molecule has 0 aliphatic heterocycles. The third kappa shape index (κ3) is 2.23. The smallest absolute Gasteiger partial charge is 0.324 e. The highest BCUT2D eigenvalue weighted by Gasteiger charge is 2.34. The van der Waals surface area contributed by atoms with E-state index in [4.69, 9.17) is 5.73 Å². The van der Waals surface area contributed by atoms with Crippen molar-refractivity contribution >= 4 is 0 Å². The lowest BCUT2D eigenvalue weighted by Gasteiger charge is -2.15. The van der Waals surface area contributed by atoms with Crippen molar-refractivity contribution in [3.8, 4) is 0 Å². The minimum atomic E-state index is -4.56. The molecule has 1 aromatic carbocycles. The Hall–Kier alpha value is -1.10. The van der Waals surface area contributed by atoms with Gasteiger partial charge in [0.2, 0.25) is 0 Å². The number of hydrogen-bond donors (Lipinski definition) is 1. The maximum absolute atomic E-state index is 12.6. The van der Waals surface area contributed by atoms with Crippen LogP contribution < -0.4 is 5.73 Å². The Bertz CT molecular complexity index is 330. The van der Waals surface area contributed by atoms with Crippen LogP contribution in [0.2, 0.25) is 0 Å². The summed E-state index contributed by atoms with van der Waals surface area (Å²) in [6.45, 7) is 1.42. The molecule has 0 aliphatic carbocycles. The molecule has 0 unspecified atom stereocenters. The fourth-order valence-electron chi connectivity index (χ4n) is 1.17. The molecular formula is C9H9F4N. The van der Waals surface area contributed by atoms with Gasteiger partial charge in [-0.2, -0.15) is 13.2 Å². The molecule has 1 atom stereocenters. The number of benzene rings is 1. The maximum Gasteiger partial charge on any atom is 0.416 e. The standard InChI is InChI=1S/C9H9F4N/c1-5(14)7-3-2-6(10)4-8(7)9(11,12)13/h2-5H,14H2,1H3/t5-/m0/s1. The third-order valence-electron chi connectivity index (χ3n) is 1.81. The van der Waals surface area contributed by atoms with Crippen molar-refractivity contribution in [3.63, 3.8) is 0 Å². The van der Waals surface area contributed by atoms with Crippen molar-refractivity contribution < 1.29 is 17.6 Å². The second kappa shape index (κ2) is 3.57. The zero-order valence-corrected chi connectivity index (χ0v) is 7.40. The summed E-state index contributed by atoms with van der Waals surface area (Å²) in [6, 6.07) is 1.71. The number of hydrogen-bond acceptors (Lipinski definition) is 1. The van der Waals surface area contributed by atoms with Crippen LogP contribution in [-0.2, 0) is 6.18 Å². The Kier molecular flexibility index (Phi) is 2.80. The van der Waals surface area contributed by atoms with E-state index in [1.165, 1.54) is 6.92 Å². The van der Waals surface area contributed by atoms with Gasteiger partial charge in [0.15, 0.2) is 0 Å². The van der Waals surface area contributed by atoms with E-state index in [1.807, 2.05) is 0 Å². The van der Waals surface area contributed by atoms with Gasteiger partial charge in [-0.15, -0.1) is 0 Å². The first-order valence-corrected chi connectivity index (χ1v) is 3.94. The summed E-state index contributed by atoms with van der Waals surface area (Å²) in [6.07, 6.45) is -4.56. The van der Waals surface area contributed by atoms with Crippen molar-refractivity contribution in [1.29, 1.82) is 0 Å². The van der Waals surface area contributed by atoms with Crippen molar-refractivity contribution in [3.05, 3.63) is 35.1 Å². The van der Waals surface area contributed by atoms with E-state index in [0.717, 1.165) is 12.1 Å². The zero-order chi connectivity index (χ0) is 10.9. The first-order chi connectivity index (χ1) is 6.32. The summed E-state index contributed by atoms with van der Waals surface area (Å²) in [5, 5.41) is 0. The molecule has 0 amide bonds. The van der Waals surface area contributed by atoms with Crippen LogP contribution >= 0.6 is 0 Å². The van der Waals surface area contributed by atoms with Crippen molar-refractivity contribution in [2.45, 2.75) is 19.1 Å². The summed E-state index contributed by atoms with van der Waals surface area (Å²) < 4.78 is 49.7. The van der Waals surface area contributed by atoms with Crippen LogP contribution in [0.15, 0.2) is 18.2 Å². The van der Waals surface area contributed by atoms with E-state index < -0.39 is 23.6 Å². The maximum atomic E-state index is 12.6. The van der Waals surface area contributed by atoms with Crippen LogP contribution in [0.3, 0.4) is 0 Å². The van der Waals surface area contributed by atoms with Gasteiger partial charge in [0.05, 0.1) is 5.56 Å². The van der Waals surface area contributed by atoms with Gasteiger partial charge >= 0.3 is 6.18 Å². The predicted molar refractivity (Wildman–Crippen MR) is 44.0 cm³/mol. The normalized spacial score (nSPS) is 14.1. The van der Waals surface area contributed by atoms with Crippen LogP contribution in [0.1, 0.15) is 24.1 Å². The largest absolute Gasteiger partial charge is 0.416 e. The SMILES string of the molecule is C[C@H](N)c1ccc(F)cc1C(F)(F)F. The molecule has 0 aromatic heterocycles. The Morgan fingerprint density at radius 1 is 1.29 bits per heavy atom. The molecule has 0 saturated carbocycles. The van der Waals surface area contributed by atoms with Crippen LogP contribution in [0.25, 0.3) is 0 Å². The molecule has 5 heteroatoms. The Morgan fingerprint density at radius 2 is 1.86 bits per heavy atom. The molecule has 0 fully saturated rings. The van der Waals surface area contributed by atoms with E-state index in [1.54, 1.807) is 0 Å². The lowest BCUT2D eigenvalue weighted by molar-refractivity contribution is -0.138. The van der Waals surface area contributed by atoms with Gasteiger partial charge in [-0.3, -0.25) is 0 Å². The second-order valence-electron chi connectivity index (χ2n) is 3.02. The summed E-state index contributed by atoms with van der Waals surface area (Å²) in [4.78, 5) is 0. The van der Waals surface area contributed by atoms with Crippen LogP contribution in [0.4, 0.5) is 17.6 Å². The van der Waals surface area contributed by atoms with E-state index in [0.29, 0.717) is 6.07 Å². The molecule has 78 valence electrons. The number of alkyl halides is 3. The van der Waals surface area contributed by atoms with Gasteiger partial charge in [-0.05, 0) is 24.6 Å². The first kappa shape index (κ1) is 11.0. The summed E-state index contributed by atoms with van der Waals surface area (Å²) in [7, 11) is 0. The molecule has 14 heavy (non-hydrogen) atoms. The van der Waals surface area contributed by atoms with E-state index in [-0.39, 0.29) is 5.56 Å². The first-order valence-electron chi connectivity index (χ1n) is 3.94. The number of rotatable bonds is 1. The minimum absolute atomic E-state index is 0.0982. The zero-order valence-electron chi connectivity index (χ0n) is 7.40. The molecule has 1 nitrogen and oxygen atoms in total. The molecule has 2 N–H and O–H groups in total. The Morgan fingerprint density at radius 3 is 2.29 bits per heavy atom. The topological polar surface area (TPSA) is 26.0 Å². The molecule has 0 saturated heterocycles. The fraction of sp³-hybridized carbons (Fsp3) is 0.333. The summed E-state index contributed by atoms with van der Waals surface area (Å²) in [5.74, 6) is -0.915. The van der Waals surface area contributed by atoms with E-state index in [2.05, 4.69) is 0 Å². The van der Waals surface area contributed by atoms with Crippen molar-refractivity contribution in [2.24, 2.45) is 5.73 Å². The van der Waals surface area contributed by atoms with Gasteiger partial charge in [0.25, 0.3) is 0 Å². The molecule has 0 radical (unpaired) electrons. The molecule has 1 aromatic rings.